The van der Waals surface area contributed by atoms with Crippen LogP contribution in [0.15, 0.2) is 18.2 Å². The molecule has 1 aromatic carbocycles. The molecule has 220 valence electrons. The fraction of sp³-hybridized carbons (Fsp3) is 0.765. The molecule has 0 aliphatic carbocycles. The summed E-state index contributed by atoms with van der Waals surface area (Å²) in [5, 5.41) is 1.54. The Morgan fingerprint density at radius 3 is 1.82 bits per heavy atom. The van der Waals surface area contributed by atoms with Gasteiger partial charge >= 0.3 is 0 Å². The molecule has 0 amide bonds. The van der Waals surface area contributed by atoms with Gasteiger partial charge in [0.15, 0.2) is 6.29 Å². The molecule has 1 aromatic rings. The molecule has 0 N–H and O–H groups in total. The molecule has 2 nitrogen and oxygen atoms in total. The number of unbranched alkanes of at least 4 members (excludes halogenated alkanes) is 12. The second-order valence-electron chi connectivity index (χ2n) is 11.1. The molecular weight excluding hydrogens is 598 g/mol. The second-order valence-corrected chi connectivity index (χ2v) is 13.4. The highest BCUT2D eigenvalue weighted by Gasteiger charge is 2.10. The fourth-order valence-corrected chi connectivity index (χ4v) is 7.16. The van der Waals surface area contributed by atoms with E-state index in [-0.39, 0.29) is 6.29 Å². The smallest absolute Gasteiger partial charge is 0.157 e. The lowest BCUT2D eigenvalue weighted by molar-refractivity contribution is -0.148. The van der Waals surface area contributed by atoms with Crippen molar-refractivity contribution in [3.8, 4) is 0 Å². The van der Waals surface area contributed by atoms with Crippen LogP contribution in [0, 0.1) is 20.8 Å². The van der Waals surface area contributed by atoms with E-state index in [1.165, 1.54) is 131 Å². The van der Waals surface area contributed by atoms with Gasteiger partial charge in [-0.05, 0) is 112 Å². The summed E-state index contributed by atoms with van der Waals surface area (Å²) in [7, 11) is 0. The van der Waals surface area contributed by atoms with Crippen molar-refractivity contribution in [2.24, 2.45) is 0 Å². The zero-order chi connectivity index (χ0) is 27.8. The molecule has 0 aromatic heterocycles. The minimum atomic E-state index is 0.00464. The lowest BCUT2D eigenvalue weighted by Crippen LogP contribution is -2.19. The molecular formula is C34H60IO2P. The van der Waals surface area contributed by atoms with E-state index in [0.29, 0.717) is 0 Å². The molecule has 38 heavy (non-hydrogen) atoms. The van der Waals surface area contributed by atoms with Crippen molar-refractivity contribution in [2.45, 2.75) is 156 Å². The van der Waals surface area contributed by atoms with Gasteiger partial charge in [0, 0.05) is 13.2 Å². The van der Waals surface area contributed by atoms with E-state index in [2.05, 4.69) is 74.9 Å². The lowest BCUT2D eigenvalue weighted by atomic mass is 9.95. The molecule has 0 saturated heterocycles. The Bertz CT molecular complexity index is 718. The highest BCUT2D eigenvalue weighted by molar-refractivity contribution is 14.2. The van der Waals surface area contributed by atoms with Gasteiger partial charge in [0.25, 0.3) is 0 Å². The molecule has 1 unspecified atom stereocenters. The van der Waals surface area contributed by atoms with Crippen molar-refractivity contribution in [2.75, 3.05) is 13.2 Å². The first-order valence-electron chi connectivity index (χ1n) is 15.9. The van der Waals surface area contributed by atoms with Crippen molar-refractivity contribution in [3.63, 3.8) is 0 Å². The van der Waals surface area contributed by atoms with Crippen molar-refractivity contribution in [1.82, 2.24) is 0 Å². The molecule has 0 spiro atoms. The van der Waals surface area contributed by atoms with Crippen LogP contribution in [-0.4, -0.2) is 19.5 Å². The summed E-state index contributed by atoms with van der Waals surface area (Å²) in [4.78, 5) is 0. The molecule has 1 atom stereocenters. The number of aryl methyl sites for hydroxylation is 1. The van der Waals surface area contributed by atoms with Crippen LogP contribution in [0.2, 0.25) is 0 Å². The van der Waals surface area contributed by atoms with Gasteiger partial charge in [-0.25, -0.2) is 0 Å². The number of rotatable bonds is 25. The molecule has 0 bridgehead atoms. The first kappa shape index (κ1) is 36.1. The Kier molecular flexibility index (Phi) is 23.5. The molecule has 0 fully saturated rings. The van der Waals surface area contributed by atoms with Crippen LogP contribution in [0.3, 0.4) is 0 Å². The van der Waals surface area contributed by atoms with E-state index in [0.717, 1.165) is 25.9 Å². The van der Waals surface area contributed by atoms with Crippen LogP contribution < -0.4 is 5.30 Å². The minimum Gasteiger partial charge on any atom is -0.353 e. The minimum absolute atomic E-state index is 0.00464. The monoisotopic (exact) mass is 658 g/mol. The van der Waals surface area contributed by atoms with Crippen LogP contribution in [0.1, 0.15) is 145 Å². The summed E-state index contributed by atoms with van der Waals surface area (Å²) >= 11 is 2.52. The van der Waals surface area contributed by atoms with Crippen molar-refractivity contribution in [1.29, 1.82) is 0 Å². The summed E-state index contributed by atoms with van der Waals surface area (Å²) in [6.07, 6.45) is 28.2. The summed E-state index contributed by atoms with van der Waals surface area (Å²) < 4.78 is 12.3. The second kappa shape index (κ2) is 24.8. The standard InChI is InChI=1S/C34H60IO2P/c1-6-8-10-18-22-26-36-34(37-27-23-19-11-9-7-2)25-21-17-15-13-12-14-16-20-24-32-28-33(38-35)31(5)29(3)30(32)4/h12,14,28,34,38H,6-11,13,15-27H2,1-5H3/b14-12+. The van der Waals surface area contributed by atoms with Gasteiger partial charge in [0.05, 0.1) is 0 Å². The summed E-state index contributed by atoms with van der Waals surface area (Å²) in [5.41, 5.74) is 6.05. The van der Waals surface area contributed by atoms with Crippen molar-refractivity contribution < 1.29 is 9.47 Å². The van der Waals surface area contributed by atoms with Gasteiger partial charge in [-0.1, -0.05) is 112 Å². The topological polar surface area (TPSA) is 18.5 Å². The van der Waals surface area contributed by atoms with E-state index in [4.69, 9.17) is 9.47 Å². The molecule has 4 heteroatoms. The number of hydrogen-bond acceptors (Lipinski definition) is 2. The first-order valence-corrected chi connectivity index (χ1v) is 20.0. The van der Waals surface area contributed by atoms with Gasteiger partial charge in [-0.3, -0.25) is 0 Å². The highest BCUT2D eigenvalue weighted by atomic mass is 127. The maximum absolute atomic E-state index is 6.16. The summed E-state index contributed by atoms with van der Waals surface area (Å²) in [6.45, 7) is 13.1. The predicted octanol–water partition coefficient (Wildman–Crippen LogP) is 11.4. The Morgan fingerprint density at radius 2 is 1.24 bits per heavy atom. The normalized spacial score (nSPS) is 12.2. The molecule has 0 radical (unpaired) electrons. The van der Waals surface area contributed by atoms with E-state index in [1.807, 2.05) is 0 Å². The van der Waals surface area contributed by atoms with Gasteiger partial charge in [0.2, 0.25) is 0 Å². The fourth-order valence-electron chi connectivity index (χ4n) is 4.92. The number of benzene rings is 1. The molecule has 0 aliphatic rings. The number of ether oxygens (including phenoxy) is 2. The number of hydrogen-bond donors (Lipinski definition) is 0. The van der Waals surface area contributed by atoms with Gasteiger partial charge in [-0.2, -0.15) is 0 Å². The third-order valence-corrected chi connectivity index (χ3v) is 10.3. The Balaban J connectivity index is 2.22. The quantitative estimate of drug-likeness (QED) is 0.0342. The van der Waals surface area contributed by atoms with Crippen LogP contribution in [-0.2, 0) is 15.9 Å². The zero-order valence-electron chi connectivity index (χ0n) is 25.6. The third-order valence-electron chi connectivity index (χ3n) is 7.83. The number of allylic oxidation sites excluding steroid dienone is 2. The molecule has 0 aliphatic heterocycles. The van der Waals surface area contributed by atoms with E-state index in [1.54, 1.807) is 5.56 Å². The predicted molar refractivity (Wildman–Crippen MR) is 181 cm³/mol. The van der Waals surface area contributed by atoms with Crippen molar-refractivity contribution >= 4 is 33.6 Å². The van der Waals surface area contributed by atoms with Crippen LogP contribution >= 0.6 is 28.3 Å². The average molecular weight is 659 g/mol. The largest absolute Gasteiger partial charge is 0.353 e. The van der Waals surface area contributed by atoms with E-state index in [9.17, 15) is 0 Å². The lowest BCUT2D eigenvalue weighted by Gasteiger charge is -2.19. The summed E-state index contributed by atoms with van der Waals surface area (Å²) in [5.74, 6) is 0. The van der Waals surface area contributed by atoms with Gasteiger partial charge < -0.3 is 9.47 Å². The summed E-state index contributed by atoms with van der Waals surface area (Å²) in [6, 6.07) is 2.46. The molecule has 1 rings (SSSR count). The molecule has 0 heterocycles. The highest BCUT2D eigenvalue weighted by Crippen LogP contribution is 2.27. The third kappa shape index (κ3) is 17.0. The zero-order valence-corrected chi connectivity index (χ0v) is 28.8. The van der Waals surface area contributed by atoms with E-state index >= 15 is 0 Å². The van der Waals surface area contributed by atoms with Gasteiger partial charge in [0.1, 0.15) is 0 Å². The van der Waals surface area contributed by atoms with Crippen molar-refractivity contribution in [3.05, 3.63) is 40.5 Å². The van der Waals surface area contributed by atoms with E-state index < -0.39 is 0 Å². The maximum Gasteiger partial charge on any atom is 0.157 e. The van der Waals surface area contributed by atoms with Crippen LogP contribution in [0.5, 0.6) is 0 Å². The average Bonchev–Trinajstić information content (AvgIpc) is 2.92. The Hall–Kier alpha value is 0.0400. The Morgan fingerprint density at radius 1 is 0.684 bits per heavy atom. The maximum atomic E-state index is 6.16. The van der Waals surface area contributed by atoms with Crippen LogP contribution in [0.4, 0.5) is 0 Å². The van der Waals surface area contributed by atoms with Crippen LogP contribution in [0.25, 0.3) is 0 Å². The van der Waals surface area contributed by atoms with Gasteiger partial charge in [-0.15, -0.1) is 0 Å². The number of halogens is 1. The Labute approximate surface area is 252 Å². The first-order chi connectivity index (χ1) is 18.5. The SMILES string of the molecule is CCCCCCCOC(CCCCC/C=C/CCCc1cc(PI)c(C)c(C)c1C)OCCCCCCC. The molecule has 0 saturated carbocycles.